The smallest absolute Gasteiger partial charge is 0.146 e. The van der Waals surface area contributed by atoms with Crippen molar-refractivity contribution in [2.75, 3.05) is 6.26 Å². The van der Waals surface area contributed by atoms with Crippen LogP contribution in [0.3, 0.4) is 0 Å². The lowest BCUT2D eigenvalue weighted by Crippen LogP contribution is -1.87. The van der Waals surface area contributed by atoms with E-state index in [9.17, 15) is 4.79 Å². The Hall–Kier alpha value is -0.240. The van der Waals surface area contributed by atoms with E-state index >= 15 is 0 Å². The summed E-state index contributed by atoms with van der Waals surface area (Å²) in [6, 6.07) is 0. The van der Waals surface area contributed by atoms with Crippen LogP contribution < -0.4 is 0 Å². The Morgan fingerprint density at radius 3 is 2.64 bits per heavy atom. The molecule has 0 aliphatic heterocycles. The average Bonchev–Trinajstić information content (AvgIpc) is 2.27. The van der Waals surface area contributed by atoms with Gasteiger partial charge in [0.1, 0.15) is 6.29 Å². The number of thioether (sulfide) groups is 1. The van der Waals surface area contributed by atoms with Crippen molar-refractivity contribution in [1.29, 1.82) is 0 Å². The van der Waals surface area contributed by atoms with Gasteiger partial charge in [-0.15, -0.1) is 11.8 Å². The largest absolute Gasteiger partial charge is 0.298 e. The maximum absolute atomic E-state index is 10.6. The zero-order valence-corrected chi connectivity index (χ0v) is 7.75. The zero-order valence-electron chi connectivity index (χ0n) is 6.93. The van der Waals surface area contributed by atoms with Crippen molar-refractivity contribution in [3.63, 3.8) is 0 Å². The highest BCUT2D eigenvalue weighted by Gasteiger charge is 2.08. The van der Waals surface area contributed by atoms with Gasteiger partial charge in [-0.3, -0.25) is 4.79 Å². The summed E-state index contributed by atoms with van der Waals surface area (Å²) in [6.07, 6.45) is 8.95. The van der Waals surface area contributed by atoms with Crippen LogP contribution in [0.5, 0.6) is 0 Å². The van der Waals surface area contributed by atoms with Crippen LogP contribution in [0.2, 0.25) is 0 Å². The van der Waals surface area contributed by atoms with Crippen LogP contribution in [0, 0.1) is 0 Å². The van der Waals surface area contributed by atoms with E-state index in [1.807, 2.05) is 0 Å². The summed E-state index contributed by atoms with van der Waals surface area (Å²) in [5.41, 5.74) is 1.05. The second-order valence-electron chi connectivity index (χ2n) is 2.83. The minimum Gasteiger partial charge on any atom is -0.298 e. The third-order valence-electron chi connectivity index (χ3n) is 2.10. The summed E-state index contributed by atoms with van der Waals surface area (Å²) in [7, 11) is 0. The van der Waals surface area contributed by atoms with E-state index in [0.717, 1.165) is 24.7 Å². The Morgan fingerprint density at radius 1 is 1.27 bits per heavy atom. The fourth-order valence-corrected chi connectivity index (χ4v) is 2.20. The Bertz CT molecular complexity index is 172. The van der Waals surface area contributed by atoms with Crippen LogP contribution in [0.1, 0.15) is 32.1 Å². The average molecular weight is 170 g/mol. The SMILES string of the molecule is CSC1=C(C=O)CCCCC1. The molecule has 0 bridgehead atoms. The minimum atomic E-state index is 1.000. The molecule has 0 amide bonds. The third kappa shape index (κ3) is 2.37. The third-order valence-corrected chi connectivity index (χ3v) is 3.06. The zero-order chi connectivity index (χ0) is 8.10. The van der Waals surface area contributed by atoms with Crippen molar-refractivity contribution < 1.29 is 4.79 Å². The molecule has 11 heavy (non-hydrogen) atoms. The quantitative estimate of drug-likeness (QED) is 0.593. The molecule has 0 radical (unpaired) electrons. The molecule has 0 N–H and O–H groups in total. The predicted molar refractivity (Wildman–Crippen MR) is 49.7 cm³/mol. The van der Waals surface area contributed by atoms with Crippen LogP contribution in [-0.4, -0.2) is 12.5 Å². The lowest BCUT2D eigenvalue weighted by Gasteiger charge is -2.02. The van der Waals surface area contributed by atoms with Gasteiger partial charge in [0, 0.05) is 5.57 Å². The highest BCUT2D eigenvalue weighted by atomic mass is 32.2. The molecule has 0 spiro atoms. The van der Waals surface area contributed by atoms with E-state index in [1.54, 1.807) is 11.8 Å². The Labute approximate surface area is 72.2 Å². The number of aldehydes is 1. The van der Waals surface area contributed by atoms with Gasteiger partial charge in [-0.05, 0) is 36.8 Å². The number of carbonyl (C=O) groups excluding carboxylic acids is 1. The first kappa shape index (κ1) is 8.85. The molecule has 0 saturated carbocycles. The van der Waals surface area contributed by atoms with Crippen LogP contribution >= 0.6 is 11.8 Å². The maximum Gasteiger partial charge on any atom is 0.146 e. The van der Waals surface area contributed by atoms with Crippen LogP contribution in [0.25, 0.3) is 0 Å². The van der Waals surface area contributed by atoms with Crippen LogP contribution in [0.4, 0.5) is 0 Å². The molecule has 1 rings (SSSR count). The summed E-state index contributed by atoms with van der Waals surface area (Å²) in [5, 5.41) is 0. The Kier molecular flexibility index (Phi) is 3.70. The summed E-state index contributed by atoms with van der Waals surface area (Å²) >= 11 is 1.74. The summed E-state index contributed by atoms with van der Waals surface area (Å²) in [5.74, 6) is 0. The number of hydrogen-bond donors (Lipinski definition) is 0. The highest BCUT2D eigenvalue weighted by Crippen LogP contribution is 2.28. The molecule has 0 heterocycles. The molecule has 0 atom stereocenters. The van der Waals surface area contributed by atoms with Gasteiger partial charge >= 0.3 is 0 Å². The van der Waals surface area contributed by atoms with Gasteiger partial charge in [0.25, 0.3) is 0 Å². The second-order valence-corrected chi connectivity index (χ2v) is 3.73. The van der Waals surface area contributed by atoms with E-state index in [2.05, 4.69) is 6.26 Å². The van der Waals surface area contributed by atoms with Crippen molar-refractivity contribution in [2.45, 2.75) is 32.1 Å². The van der Waals surface area contributed by atoms with E-state index in [1.165, 1.54) is 24.2 Å². The lowest BCUT2D eigenvalue weighted by atomic mass is 10.1. The molecule has 1 aliphatic carbocycles. The van der Waals surface area contributed by atoms with Crippen molar-refractivity contribution in [1.82, 2.24) is 0 Å². The van der Waals surface area contributed by atoms with Crippen LogP contribution in [0.15, 0.2) is 10.5 Å². The lowest BCUT2D eigenvalue weighted by molar-refractivity contribution is -0.105. The first-order valence-electron chi connectivity index (χ1n) is 4.09. The predicted octanol–water partition coefficient (Wildman–Crippen LogP) is 2.77. The van der Waals surface area contributed by atoms with E-state index in [-0.39, 0.29) is 0 Å². The molecule has 0 aromatic carbocycles. The standard InChI is InChI=1S/C9H14OS/c1-11-9-6-4-2-3-5-8(9)7-10/h7H,2-6H2,1H3. The van der Waals surface area contributed by atoms with Gasteiger partial charge < -0.3 is 0 Å². The van der Waals surface area contributed by atoms with Gasteiger partial charge in [-0.25, -0.2) is 0 Å². The molecule has 0 aromatic heterocycles. The fraction of sp³-hybridized carbons (Fsp3) is 0.667. The van der Waals surface area contributed by atoms with Gasteiger partial charge in [-0.2, -0.15) is 0 Å². The number of rotatable bonds is 2. The first-order chi connectivity index (χ1) is 5.38. The van der Waals surface area contributed by atoms with Crippen molar-refractivity contribution in [2.24, 2.45) is 0 Å². The highest BCUT2D eigenvalue weighted by molar-refractivity contribution is 8.02. The topological polar surface area (TPSA) is 17.1 Å². The monoisotopic (exact) mass is 170 g/mol. The van der Waals surface area contributed by atoms with Crippen molar-refractivity contribution in [3.8, 4) is 0 Å². The van der Waals surface area contributed by atoms with Crippen molar-refractivity contribution >= 4 is 18.0 Å². The number of allylic oxidation sites excluding steroid dienone is 2. The van der Waals surface area contributed by atoms with E-state index in [0.29, 0.717) is 0 Å². The molecule has 2 heteroatoms. The summed E-state index contributed by atoms with van der Waals surface area (Å²) in [4.78, 5) is 11.9. The minimum absolute atomic E-state index is 1.000. The van der Waals surface area contributed by atoms with Crippen LogP contribution in [-0.2, 0) is 4.79 Å². The van der Waals surface area contributed by atoms with E-state index in [4.69, 9.17) is 0 Å². The number of hydrogen-bond acceptors (Lipinski definition) is 2. The Balaban J connectivity index is 2.71. The molecule has 1 aliphatic rings. The molecule has 62 valence electrons. The molecule has 0 aromatic rings. The summed E-state index contributed by atoms with van der Waals surface area (Å²) in [6.45, 7) is 0. The molecule has 0 fully saturated rings. The van der Waals surface area contributed by atoms with E-state index < -0.39 is 0 Å². The number of carbonyl (C=O) groups is 1. The molecular weight excluding hydrogens is 156 g/mol. The molecule has 1 nitrogen and oxygen atoms in total. The van der Waals surface area contributed by atoms with Crippen molar-refractivity contribution in [3.05, 3.63) is 10.5 Å². The second kappa shape index (κ2) is 4.60. The maximum atomic E-state index is 10.6. The van der Waals surface area contributed by atoms with Gasteiger partial charge in [0.15, 0.2) is 0 Å². The van der Waals surface area contributed by atoms with Gasteiger partial charge in [0.2, 0.25) is 0 Å². The first-order valence-corrected chi connectivity index (χ1v) is 5.32. The molecule has 0 saturated heterocycles. The van der Waals surface area contributed by atoms with Gasteiger partial charge in [0.05, 0.1) is 0 Å². The fourth-order valence-electron chi connectivity index (χ4n) is 1.44. The normalized spacial score (nSPS) is 19.7. The summed E-state index contributed by atoms with van der Waals surface area (Å²) < 4.78 is 0. The Morgan fingerprint density at radius 2 is 2.00 bits per heavy atom. The molecule has 0 unspecified atom stereocenters. The molecular formula is C9H14OS. The van der Waals surface area contributed by atoms with Gasteiger partial charge in [-0.1, -0.05) is 6.42 Å².